The van der Waals surface area contributed by atoms with Crippen LogP contribution in [0.3, 0.4) is 0 Å². The second kappa shape index (κ2) is 7.19. The molecule has 1 aromatic carbocycles. The zero-order valence-electron chi connectivity index (χ0n) is 11.9. The summed E-state index contributed by atoms with van der Waals surface area (Å²) in [5.74, 6) is -0.437. The lowest BCUT2D eigenvalue weighted by Crippen LogP contribution is -2.36. The number of sulfonamides is 1. The fourth-order valence-corrected chi connectivity index (χ4v) is 3.98. The third kappa shape index (κ3) is 4.39. The number of hydrogen-bond acceptors (Lipinski definition) is 5. The molecule has 0 spiro atoms. The maximum Gasteiger partial charge on any atom is 0.306 e. The molecule has 1 rings (SSSR count). The predicted molar refractivity (Wildman–Crippen MR) is 80.6 cm³/mol. The molecule has 21 heavy (non-hydrogen) atoms. The van der Waals surface area contributed by atoms with Gasteiger partial charge in [0, 0.05) is 17.9 Å². The minimum atomic E-state index is -3.92. The quantitative estimate of drug-likeness (QED) is 0.610. The molecule has 0 radical (unpaired) electrons. The van der Waals surface area contributed by atoms with Crippen LogP contribution in [0.1, 0.15) is 18.9 Å². The van der Waals surface area contributed by atoms with Crippen LogP contribution in [-0.2, 0) is 10.0 Å². The van der Waals surface area contributed by atoms with Gasteiger partial charge >= 0.3 is 5.69 Å². The highest BCUT2D eigenvalue weighted by molar-refractivity contribution is 7.98. The van der Waals surface area contributed by atoms with Crippen LogP contribution in [-0.4, -0.2) is 31.4 Å². The van der Waals surface area contributed by atoms with Crippen LogP contribution in [0.15, 0.2) is 17.0 Å². The van der Waals surface area contributed by atoms with Crippen LogP contribution < -0.4 is 4.72 Å². The van der Waals surface area contributed by atoms with Gasteiger partial charge in [-0.1, -0.05) is 6.92 Å². The van der Waals surface area contributed by atoms with Crippen LogP contribution in [0.4, 0.5) is 10.1 Å². The van der Waals surface area contributed by atoms with E-state index in [-0.39, 0.29) is 16.5 Å². The molecule has 0 aliphatic carbocycles. The van der Waals surface area contributed by atoms with E-state index in [4.69, 9.17) is 0 Å². The number of benzene rings is 1. The van der Waals surface area contributed by atoms with Crippen molar-refractivity contribution < 1.29 is 17.7 Å². The molecule has 1 atom stereocenters. The van der Waals surface area contributed by atoms with E-state index < -0.39 is 26.5 Å². The van der Waals surface area contributed by atoms with Gasteiger partial charge in [-0.15, -0.1) is 0 Å². The van der Waals surface area contributed by atoms with Crippen molar-refractivity contribution in [2.75, 3.05) is 12.0 Å². The second-order valence-corrected chi connectivity index (χ2v) is 7.14. The number of nitrogens with zero attached hydrogens (tertiary/aromatic N) is 1. The lowest BCUT2D eigenvalue weighted by molar-refractivity contribution is -0.387. The highest BCUT2D eigenvalue weighted by atomic mass is 32.2. The lowest BCUT2D eigenvalue weighted by Gasteiger charge is -2.16. The van der Waals surface area contributed by atoms with Gasteiger partial charge in [-0.25, -0.2) is 13.1 Å². The molecule has 0 saturated carbocycles. The Labute approximate surface area is 127 Å². The van der Waals surface area contributed by atoms with E-state index in [1.165, 1.54) is 18.7 Å². The smallest absolute Gasteiger partial charge is 0.258 e. The molecule has 1 aromatic rings. The summed E-state index contributed by atoms with van der Waals surface area (Å²) in [6.45, 7) is 3.13. The third-order valence-corrected chi connectivity index (χ3v) is 5.13. The largest absolute Gasteiger partial charge is 0.306 e. The highest BCUT2D eigenvalue weighted by Crippen LogP contribution is 2.25. The van der Waals surface area contributed by atoms with Crippen molar-refractivity contribution >= 4 is 27.5 Å². The maximum absolute atomic E-state index is 13.6. The molecule has 1 N–H and O–H groups in total. The summed E-state index contributed by atoms with van der Waals surface area (Å²) in [5, 5.41) is 10.8. The van der Waals surface area contributed by atoms with Crippen LogP contribution in [0.2, 0.25) is 0 Å². The molecule has 118 valence electrons. The summed E-state index contributed by atoms with van der Waals surface area (Å²) in [6.07, 6.45) is 2.44. The number of thioether (sulfide) groups is 1. The normalized spacial score (nSPS) is 13.1. The number of nitrogens with one attached hydrogen (secondary N) is 1. The standard InChI is InChI=1S/C12H17FN2O4S2/c1-4-9(7-20-3)14-21(18,19)10-5-8(2)12(13)11(6-10)15(16)17/h5-6,9,14H,4,7H2,1-3H3. The monoisotopic (exact) mass is 336 g/mol. The number of nitro benzene ring substituents is 1. The minimum Gasteiger partial charge on any atom is -0.258 e. The topological polar surface area (TPSA) is 89.3 Å². The first-order chi connectivity index (χ1) is 9.72. The van der Waals surface area contributed by atoms with E-state index in [0.717, 1.165) is 12.1 Å². The Morgan fingerprint density at radius 3 is 2.57 bits per heavy atom. The summed E-state index contributed by atoms with van der Waals surface area (Å²) >= 11 is 1.49. The molecule has 0 aromatic heterocycles. The minimum absolute atomic E-state index is 0.0810. The molecule has 1 unspecified atom stereocenters. The Hall–Kier alpha value is -1.19. The maximum atomic E-state index is 13.6. The van der Waals surface area contributed by atoms with Crippen LogP contribution in [0, 0.1) is 22.9 Å². The van der Waals surface area contributed by atoms with Crippen molar-refractivity contribution in [1.29, 1.82) is 0 Å². The molecule has 0 aliphatic rings. The molecule has 9 heteroatoms. The fraction of sp³-hybridized carbons (Fsp3) is 0.500. The van der Waals surface area contributed by atoms with Gasteiger partial charge in [0.2, 0.25) is 15.8 Å². The zero-order valence-corrected chi connectivity index (χ0v) is 13.6. The van der Waals surface area contributed by atoms with Crippen LogP contribution >= 0.6 is 11.8 Å². The molecular weight excluding hydrogens is 319 g/mol. The molecule has 0 amide bonds. The summed E-state index contributed by atoms with van der Waals surface area (Å²) in [5.41, 5.74) is -0.921. The Morgan fingerprint density at radius 1 is 1.48 bits per heavy atom. The van der Waals surface area contributed by atoms with E-state index in [1.807, 2.05) is 13.2 Å². The molecular formula is C12H17FN2O4S2. The van der Waals surface area contributed by atoms with Crippen molar-refractivity contribution in [2.24, 2.45) is 0 Å². The van der Waals surface area contributed by atoms with Gasteiger partial charge in [0.15, 0.2) is 0 Å². The van der Waals surface area contributed by atoms with Gasteiger partial charge in [0.25, 0.3) is 0 Å². The average Bonchev–Trinajstić information content (AvgIpc) is 2.40. The average molecular weight is 336 g/mol. The van der Waals surface area contributed by atoms with E-state index in [0.29, 0.717) is 12.2 Å². The zero-order chi connectivity index (χ0) is 16.2. The van der Waals surface area contributed by atoms with Crippen molar-refractivity contribution in [1.82, 2.24) is 4.72 Å². The Kier molecular flexibility index (Phi) is 6.11. The first kappa shape index (κ1) is 17.9. The van der Waals surface area contributed by atoms with Crippen LogP contribution in [0.5, 0.6) is 0 Å². The highest BCUT2D eigenvalue weighted by Gasteiger charge is 2.25. The van der Waals surface area contributed by atoms with Gasteiger partial charge in [-0.2, -0.15) is 16.2 Å². The van der Waals surface area contributed by atoms with Crippen molar-refractivity contribution in [3.63, 3.8) is 0 Å². The molecule has 0 heterocycles. The molecule has 0 saturated heterocycles. The van der Waals surface area contributed by atoms with Gasteiger partial charge in [0.05, 0.1) is 9.82 Å². The summed E-state index contributed by atoms with van der Waals surface area (Å²) in [4.78, 5) is 9.55. The van der Waals surface area contributed by atoms with E-state index in [2.05, 4.69) is 4.72 Å². The fourth-order valence-electron chi connectivity index (χ4n) is 1.73. The summed E-state index contributed by atoms with van der Waals surface area (Å²) in [7, 11) is -3.92. The SMILES string of the molecule is CCC(CSC)NS(=O)(=O)c1cc(C)c(F)c([N+](=O)[O-])c1. The van der Waals surface area contributed by atoms with Crippen molar-refractivity contribution in [2.45, 2.75) is 31.2 Å². The van der Waals surface area contributed by atoms with E-state index in [1.54, 1.807) is 0 Å². The van der Waals surface area contributed by atoms with Gasteiger partial charge < -0.3 is 0 Å². The van der Waals surface area contributed by atoms with Crippen molar-refractivity contribution in [3.05, 3.63) is 33.6 Å². The van der Waals surface area contributed by atoms with Gasteiger partial charge in [0.1, 0.15) is 0 Å². The number of nitro groups is 1. The molecule has 0 bridgehead atoms. The first-order valence-corrected chi connectivity index (χ1v) is 9.06. The number of halogens is 1. The summed E-state index contributed by atoms with van der Waals surface area (Å²) < 4.78 is 40.6. The molecule has 6 nitrogen and oxygen atoms in total. The number of hydrogen-bond donors (Lipinski definition) is 1. The van der Waals surface area contributed by atoms with E-state index >= 15 is 0 Å². The number of aryl methyl sites for hydroxylation is 1. The third-order valence-electron chi connectivity index (χ3n) is 2.90. The lowest BCUT2D eigenvalue weighted by atomic mass is 10.2. The Bertz CT molecular complexity index is 634. The first-order valence-electron chi connectivity index (χ1n) is 6.18. The Balaban J connectivity index is 3.23. The van der Waals surface area contributed by atoms with Gasteiger partial charge in [-0.3, -0.25) is 10.1 Å². The van der Waals surface area contributed by atoms with Crippen molar-refractivity contribution in [3.8, 4) is 0 Å². The van der Waals surface area contributed by atoms with Crippen LogP contribution in [0.25, 0.3) is 0 Å². The Morgan fingerprint density at radius 2 is 2.10 bits per heavy atom. The molecule has 0 fully saturated rings. The second-order valence-electron chi connectivity index (χ2n) is 4.51. The summed E-state index contributed by atoms with van der Waals surface area (Å²) in [6, 6.07) is 1.56. The predicted octanol–water partition coefficient (Wildman–Crippen LogP) is 2.46. The van der Waals surface area contributed by atoms with E-state index in [9.17, 15) is 22.9 Å². The van der Waals surface area contributed by atoms with Gasteiger partial charge in [-0.05, 0) is 31.2 Å². The number of rotatable bonds is 7. The molecule has 0 aliphatic heterocycles.